The molecule has 0 N–H and O–H groups in total. The lowest BCUT2D eigenvalue weighted by Gasteiger charge is -2.19. The van der Waals surface area contributed by atoms with E-state index in [1.165, 1.54) is 0 Å². The average Bonchev–Trinajstić information content (AvgIpc) is 3.38. The summed E-state index contributed by atoms with van der Waals surface area (Å²) in [5, 5.41) is 4.68. The number of aryl methyl sites for hydroxylation is 1. The van der Waals surface area contributed by atoms with Crippen LogP contribution in [0.2, 0.25) is 0 Å². The molecule has 2 aliphatic rings. The van der Waals surface area contributed by atoms with Crippen LogP contribution in [-0.4, -0.2) is 52.5 Å². The topological polar surface area (TPSA) is 88.2 Å². The Kier molecular flexibility index (Phi) is 4.16. The van der Waals surface area contributed by atoms with Gasteiger partial charge in [-0.05, 0) is 38.5 Å². The molecule has 0 spiro atoms. The fourth-order valence-electron chi connectivity index (χ4n) is 4.21. The molecule has 5 rings (SSSR count). The Bertz CT molecular complexity index is 1200. The quantitative estimate of drug-likeness (QED) is 0.654. The molecule has 2 aromatic heterocycles. The van der Waals surface area contributed by atoms with E-state index in [2.05, 4.69) is 10.1 Å². The molecule has 152 valence electrons. The Hall–Kier alpha value is -2.81. The van der Waals surface area contributed by atoms with Crippen molar-refractivity contribution in [3.8, 4) is 28.6 Å². The molecule has 3 aromatic rings. The highest BCUT2D eigenvalue weighted by atomic mass is 32.2. The number of nitrogens with zero attached hydrogens (tertiary/aromatic N) is 4. The zero-order valence-corrected chi connectivity index (χ0v) is 17.1. The number of hydrogen-bond donors (Lipinski definition) is 0. The molecule has 9 heteroatoms. The summed E-state index contributed by atoms with van der Waals surface area (Å²) in [6.45, 7) is 5.00. The SMILES string of the molecule is Cc1nn(C2CCS(=O)(=O)C2)c(C)c1-n1ccnc1-c1ccc2c(c1)OCCO2. The zero-order valence-electron chi connectivity index (χ0n) is 16.3. The Labute approximate surface area is 169 Å². The Morgan fingerprint density at radius 2 is 1.93 bits per heavy atom. The molecule has 29 heavy (non-hydrogen) atoms. The molecule has 1 saturated heterocycles. The third-order valence-electron chi connectivity index (χ3n) is 5.52. The molecule has 8 nitrogen and oxygen atoms in total. The predicted octanol–water partition coefficient (Wildman–Crippen LogP) is 2.48. The van der Waals surface area contributed by atoms with E-state index in [0.717, 1.165) is 34.2 Å². The fourth-order valence-corrected chi connectivity index (χ4v) is 5.90. The number of imidazole rings is 1. The third-order valence-corrected chi connectivity index (χ3v) is 7.27. The second kappa shape index (κ2) is 6.62. The summed E-state index contributed by atoms with van der Waals surface area (Å²) in [5.74, 6) is 2.59. The standard InChI is InChI=1S/C20H22N4O4S/c1-13-19(14(2)24(22-13)16-5-10-29(25,26)12-16)23-7-6-21-20(23)15-3-4-17-18(11-15)28-9-8-27-17/h3-4,6-7,11,16H,5,8-10,12H2,1-2H3. The highest BCUT2D eigenvalue weighted by molar-refractivity contribution is 7.91. The minimum atomic E-state index is -2.98. The molecular weight excluding hydrogens is 392 g/mol. The number of aromatic nitrogens is 4. The summed E-state index contributed by atoms with van der Waals surface area (Å²) in [4.78, 5) is 4.56. The van der Waals surface area contributed by atoms with Gasteiger partial charge in [-0.3, -0.25) is 9.25 Å². The van der Waals surface area contributed by atoms with Crippen LogP contribution in [0, 0.1) is 13.8 Å². The van der Waals surface area contributed by atoms with Gasteiger partial charge in [0.1, 0.15) is 19.0 Å². The monoisotopic (exact) mass is 414 g/mol. The lowest BCUT2D eigenvalue weighted by molar-refractivity contribution is 0.171. The largest absolute Gasteiger partial charge is 0.486 e. The van der Waals surface area contributed by atoms with Crippen molar-refractivity contribution in [3.05, 3.63) is 42.0 Å². The molecule has 0 bridgehead atoms. The molecule has 1 atom stereocenters. The zero-order chi connectivity index (χ0) is 20.2. The maximum atomic E-state index is 11.9. The highest BCUT2D eigenvalue weighted by Crippen LogP contribution is 2.36. The van der Waals surface area contributed by atoms with E-state index in [9.17, 15) is 8.42 Å². The van der Waals surface area contributed by atoms with E-state index in [4.69, 9.17) is 9.47 Å². The number of hydrogen-bond acceptors (Lipinski definition) is 6. The van der Waals surface area contributed by atoms with Crippen LogP contribution in [0.15, 0.2) is 30.6 Å². The molecule has 0 amide bonds. The molecule has 0 radical (unpaired) electrons. The van der Waals surface area contributed by atoms with Gasteiger partial charge in [-0.1, -0.05) is 0 Å². The second-order valence-electron chi connectivity index (χ2n) is 7.50. The molecule has 1 aromatic carbocycles. The van der Waals surface area contributed by atoms with Crippen molar-refractivity contribution >= 4 is 9.84 Å². The summed E-state index contributed by atoms with van der Waals surface area (Å²) in [6.07, 6.45) is 4.25. The lowest BCUT2D eigenvalue weighted by Crippen LogP contribution is -2.15. The van der Waals surface area contributed by atoms with Crippen LogP contribution in [-0.2, 0) is 9.84 Å². The maximum absolute atomic E-state index is 11.9. The summed E-state index contributed by atoms with van der Waals surface area (Å²) in [6, 6.07) is 5.68. The van der Waals surface area contributed by atoms with Crippen LogP contribution < -0.4 is 9.47 Å². The first kappa shape index (κ1) is 18.2. The van der Waals surface area contributed by atoms with Crippen molar-refractivity contribution in [1.82, 2.24) is 19.3 Å². The molecule has 0 aliphatic carbocycles. The van der Waals surface area contributed by atoms with Crippen LogP contribution in [0.1, 0.15) is 23.9 Å². The van der Waals surface area contributed by atoms with Crippen molar-refractivity contribution < 1.29 is 17.9 Å². The van der Waals surface area contributed by atoms with Crippen molar-refractivity contribution in [2.24, 2.45) is 0 Å². The van der Waals surface area contributed by atoms with Gasteiger partial charge in [0.15, 0.2) is 21.3 Å². The van der Waals surface area contributed by atoms with Crippen LogP contribution >= 0.6 is 0 Å². The van der Waals surface area contributed by atoms with Gasteiger partial charge >= 0.3 is 0 Å². The fraction of sp³-hybridized carbons (Fsp3) is 0.400. The summed E-state index contributed by atoms with van der Waals surface area (Å²) in [7, 11) is -2.98. The van der Waals surface area contributed by atoms with Crippen LogP contribution in [0.25, 0.3) is 17.1 Å². The Balaban J connectivity index is 1.56. The van der Waals surface area contributed by atoms with Gasteiger partial charge in [0.05, 0.1) is 34.6 Å². The predicted molar refractivity (Wildman–Crippen MR) is 108 cm³/mol. The van der Waals surface area contributed by atoms with Gasteiger partial charge in [0.2, 0.25) is 0 Å². The smallest absolute Gasteiger partial charge is 0.162 e. The number of benzene rings is 1. The van der Waals surface area contributed by atoms with E-state index < -0.39 is 9.84 Å². The van der Waals surface area contributed by atoms with Gasteiger partial charge in [-0.2, -0.15) is 5.10 Å². The van der Waals surface area contributed by atoms with E-state index >= 15 is 0 Å². The van der Waals surface area contributed by atoms with E-state index in [1.54, 1.807) is 6.20 Å². The van der Waals surface area contributed by atoms with Crippen LogP contribution in [0.3, 0.4) is 0 Å². The summed E-state index contributed by atoms with van der Waals surface area (Å²) >= 11 is 0. The highest BCUT2D eigenvalue weighted by Gasteiger charge is 2.32. The minimum Gasteiger partial charge on any atom is -0.486 e. The lowest BCUT2D eigenvalue weighted by atomic mass is 10.1. The van der Waals surface area contributed by atoms with Gasteiger partial charge in [0.25, 0.3) is 0 Å². The normalized spacial score (nSPS) is 20.1. The van der Waals surface area contributed by atoms with Crippen molar-refractivity contribution in [3.63, 3.8) is 0 Å². The molecule has 1 unspecified atom stereocenters. The second-order valence-corrected chi connectivity index (χ2v) is 9.73. The molecular formula is C20H22N4O4S. The Morgan fingerprint density at radius 1 is 1.14 bits per heavy atom. The minimum absolute atomic E-state index is 0.117. The van der Waals surface area contributed by atoms with Crippen molar-refractivity contribution in [1.29, 1.82) is 0 Å². The van der Waals surface area contributed by atoms with E-state index in [-0.39, 0.29) is 17.5 Å². The van der Waals surface area contributed by atoms with Crippen molar-refractivity contribution in [2.75, 3.05) is 24.7 Å². The van der Waals surface area contributed by atoms with Crippen LogP contribution in [0.4, 0.5) is 0 Å². The first-order valence-corrected chi connectivity index (χ1v) is 11.4. The average molecular weight is 414 g/mol. The maximum Gasteiger partial charge on any atom is 0.162 e. The van der Waals surface area contributed by atoms with Gasteiger partial charge < -0.3 is 9.47 Å². The number of sulfone groups is 1. The van der Waals surface area contributed by atoms with Gasteiger partial charge in [-0.15, -0.1) is 0 Å². The first-order valence-electron chi connectivity index (χ1n) is 9.63. The van der Waals surface area contributed by atoms with Gasteiger partial charge in [0, 0.05) is 18.0 Å². The molecule has 2 aliphatic heterocycles. The van der Waals surface area contributed by atoms with Crippen LogP contribution in [0.5, 0.6) is 11.5 Å². The molecule has 4 heterocycles. The molecule has 0 saturated carbocycles. The number of rotatable bonds is 3. The molecule has 1 fully saturated rings. The summed E-state index contributed by atoms with van der Waals surface area (Å²) in [5.41, 5.74) is 3.61. The summed E-state index contributed by atoms with van der Waals surface area (Å²) < 4.78 is 39.0. The van der Waals surface area contributed by atoms with E-state index in [1.807, 2.05) is 47.5 Å². The number of ether oxygens (including phenoxy) is 2. The van der Waals surface area contributed by atoms with Gasteiger partial charge in [-0.25, -0.2) is 13.4 Å². The number of fused-ring (bicyclic) bond motifs is 1. The Morgan fingerprint density at radius 3 is 2.69 bits per heavy atom. The van der Waals surface area contributed by atoms with Crippen molar-refractivity contribution in [2.45, 2.75) is 26.3 Å². The van der Waals surface area contributed by atoms with E-state index in [0.29, 0.717) is 25.4 Å². The third kappa shape index (κ3) is 3.09. The first-order chi connectivity index (χ1) is 13.9.